The first-order chi connectivity index (χ1) is 14.0. The zero-order valence-electron chi connectivity index (χ0n) is 17.4. The van der Waals surface area contributed by atoms with E-state index in [0.717, 1.165) is 30.0 Å². The summed E-state index contributed by atoms with van der Waals surface area (Å²) in [5.41, 5.74) is 2.27. The quantitative estimate of drug-likeness (QED) is 0.578. The Labute approximate surface area is 175 Å². The van der Waals surface area contributed by atoms with Crippen molar-refractivity contribution in [2.24, 2.45) is 4.99 Å². The largest absolute Gasteiger partial charge is 0.497 e. The van der Waals surface area contributed by atoms with Gasteiger partial charge in [-0.15, -0.1) is 11.3 Å². The van der Waals surface area contributed by atoms with Crippen molar-refractivity contribution in [3.8, 4) is 11.5 Å². The molecule has 1 aromatic carbocycles. The van der Waals surface area contributed by atoms with Crippen LogP contribution in [0.15, 0.2) is 34.6 Å². The lowest BCUT2D eigenvalue weighted by Gasteiger charge is -2.28. The van der Waals surface area contributed by atoms with Gasteiger partial charge in [-0.05, 0) is 35.6 Å². The van der Waals surface area contributed by atoms with Crippen molar-refractivity contribution in [1.29, 1.82) is 0 Å². The molecular weight excluding hydrogens is 388 g/mol. The molecule has 7 nitrogen and oxygen atoms in total. The third-order valence-electron chi connectivity index (χ3n) is 5.03. The summed E-state index contributed by atoms with van der Waals surface area (Å²) in [4.78, 5) is 22.2. The van der Waals surface area contributed by atoms with E-state index in [1.54, 1.807) is 32.6 Å². The molecule has 0 atom stereocenters. The molecule has 0 saturated heterocycles. The Hall–Kier alpha value is -2.74. The van der Waals surface area contributed by atoms with Crippen LogP contribution in [0, 0.1) is 0 Å². The molecule has 0 saturated carbocycles. The lowest BCUT2D eigenvalue weighted by atomic mass is 10.1. The number of carbonyl (C=O) groups excluding carboxylic acids is 1. The highest BCUT2D eigenvalue weighted by Gasteiger charge is 2.22. The van der Waals surface area contributed by atoms with E-state index in [9.17, 15) is 4.79 Å². The summed E-state index contributed by atoms with van der Waals surface area (Å²) < 4.78 is 10.7. The van der Waals surface area contributed by atoms with E-state index in [-0.39, 0.29) is 12.5 Å². The van der Waals surface area contributed by atoms with Crippen molar-refractivity contribution in [3.63, 3.8) is 0 Å². The smallest absolute Gasteiger partial charge is 0.242 e. The van der Waals surface area contributed by atoms with Crippen LogP contribution in [0.4, 0.5) is 0 Å². The number of guanidine groups is 1. The number of aliphatic imine (C=N–C) groups is 1. The summed E-state index contributed by atoms with van der Waals surface area (Å²) in [6, 6.07) is 7.85. The molecule has 0 radical (unpaired) electrons. The van der Waals surface area contributed by atoms with Crippen LogP contribution in [0.2, 0.25) is 0 Å². The normalized spacial score (nSPS) is 13.7. The summed E-state index contributed by atoms with van der Waals surface area (Å²) in [6.45, 7) is 2.27. The predicted molar refractivity (Wildman–Crippen MR) is 116 cm³/mol. The average molecular weight is 417 g/mol. The van der Waals surface area contributed by atoms with Crippen molar-refractivity contribution in [1.82, 2.24) is 15.1 Å². The molecule has 0 unspecified atom stereocenters. The summed E-state index contributed by atoms with van der Waals surface area (Å²) in [6.07, 6.45) is 0.935. The van der Waals surface area contributed by atoms with Crippen LogP contribution in [0.1, 0.15) is 16.0 Å². The Kier molecular flexibility index (Phi) is 6.98. The molecule has 156 valence electrons. The van der Waals surface area contributed by atoms with Crippen LogP contribution in [-0.4, -0.2) is 63.1 Å². The molecule has 2 aromatic rings. The van der Waals surface area contributed by atoms with E-state index in [4.69, 9.17) is 9.47 Å². The number of nitrogens with zero attached hydrogens (tertiary/aromatic N) is 3. The molecule has 1 aliphatic heterocycles. The number of carbonyl (C=O) groups is 1. The average Bonchev–Trinajstić information content (AvgIpc) is 3.22. The molecular formula is C21H28N4O3S. The number of ether oxygens (including phenoxy) is 2. The van der Waals surface area contributed by atoms with Crippen LogP contribution in [0.3, 0.4) is 0 Å². The number of benzene rings is 1. The molecule has 29 heavy (non-hydrogen) atoms. The summed E-state index contributed by atoms with van der Waals surface area (Å²) in [5.74, 6) is 2.24. The number of methoxy groups -OCH3 is 2. The Bertz CT molecular complexity index is 881. The fourth-order valence-corrected chi connectivity index (χ4v) is 4.32. The lowest BCUT2D eigenvalue weighted by molar-refractivity contribution is -0.130. The van der Waals surface area contributed by atoms with Gasteiger partial charge in [0, 0.05) is 50.2 Å². The van der Waals surface area contributed by atoms with Crippen molar-refractivity contribution in [2.45, 2.75) is 19.5 Å². The number of thiophene rings is 1. The van der Waals surface area contributed by atoms with Gasteiger partial charge in [0.15, 0.2) is 5.96 Å². The summed E-state index contributed by atoms with van der Waals surface area (Å²) >= 11 is 1.77. The number of hydrogen-bond donors (Lipinski definition) is 1. The van der Waals surface area contributed by atoms with Gasteiger partial charge in [-0.1, -0.05) is 0 Å². The van der Waals surface area contributed by atoms with Crippen LogP contribution < -0.4 is 14.8 Å². The van der Waals surface area contributed by atoms with Crippen LogP contribution in [0.25, 0.3) is 0 Å². The Morgan fingerprint density at radius 2 is 2.14 bits per heavy atom. The van der Waals surface area contributed by atoms with Gasteiger partial charge in [0.05, 0.1) is 20.8 Å². The zero-order valence-corrected chi connectivity index (χ0v) is 18.2. The second-order valence-electron chi connectivity index (χ2n) is 6.87. The molecule has 1 N–H and O–H groups in total. The molecule has 1 aromatic heterocycles. The minimum Gasteiger partial charge on any atom is -0.497 e. The topological polar surface area (TPSA) is 66.4 Å². The van der Waals surface area contributed by atoms with Gasteiger partial charge < -0.3 is 24.6 Å². The third kappa shape index (κ3) is 5.00. The number of amides is 1. The van der Waals surface area contributed by atoms with Gasteiger partial charge in [-0.3, -0.25) is 9.79 Å². The second kappa shape index (κ2) is 9.65. The summed E-state index contributed by atoms with van der Waals surface area (Å²) in [7, 11) is 6.92. The lowest BCUT2D eigenvalue weighted by Crippen LogP contribution is -2.46. The Morgan fingerprint density at radius 3 is 2.86 bits per heavy atom. The van der Waals surface area contributed by atoms with E-state index >= 15 is 0 Å². The Morgan fingerprint density at radius 1 is 1.31 bits per heavy atom. The molecule has 0 fully saturated rings. The highest BCUT2D eigenvalue weighted by Crippen LogP contribution is 2.26. The van der Waals surface area contributed by atoms with Crippen LogP contribution in [0.5, 0.6) is 11.5 Å². The maximum absolute atomic E-state index is 12.7. The zero-order chi connectivity index (χ0) is 20.8. The minimum absolute atomic E-state index is 0.0819. The van der Waals surface area contributed by atoms with Gasteiger partial charge in [0.25, 0.3) is 0 Å². The first-order valence-corrected chi connectivity index (χ1v) is 10.4. The number of hydrogen-bond acceptors (Lipinski definition) is 5. The fourth-order valence-electron chi connectivity index (χ4n) is 3.43. The van der Waals surface area contributed by atoms with E-state index < -0.39 is 0 Å². The van der Waals surface area contributed by atoms with Gasteiger partial charge in [-0.2, -0.15) is 0 Å². The van der Waals surface area contributed by atoms with E-state index in [1.807, 2.05) is 35.0 Å². The first kappa shape index (κ1) is 21.0. The van der Waals surface area contributed by atoms with Crippen LogP contribution >= 0.6 is 11.3 Å². The second-order valence-corrected chi connectivity index (χ2v) is 7.87. The fraction of sp³-hybridized carbons (Fsp3) is 0.429. The van der Waals surface area contributed by atoms with Crippen LogP contribution in [-0.2, 0) is 24.3 Å². The van der Waals surface area contributed by atoms with Gasteiger partial charge in [0.2, 0.25) is 5.91 Å². The third-order valence-corrected chi connectivity index (χ3v) is 6.06. The van der Waals surface area contributed by atoms with Crippen molar-refractivity contribution >= 4 is 23.2 Å². The van der Waals surface area contributed by atoms with Gasteiger partial charge in [-0.25, -0.2) is 0 Å². The first-order valence-electron chi connectivity index (χ1n) is 9.51. The van der Waals surface area contributed by atoms with Gasteiger partial charge >= 0.3 is 0 Å². The number of nitrogens with one attached hydrogen (secondary N) is 1. The molecule has 1 aliphatic rings. The predicted octanol–water partition coefficient (Wildman–Crippen LogP) is 2.36. The molecule has 8 heteroatoms. The molecule has 0 aliphatic carbocycles. The number of rotatable bonds is 6. The van der Waals surface area contributed by atoms with Crippen molar-refractivity contribution in [3.05, 3.63) is 45.6 Å². The standard InChI is InChI=1S/C21H28N4O3S/c1-22-21(24(2)13-15-5-6-17(27-3)11-18(15)28-4)23-12-20(26)25-9-7-19-16(14-25)8-10-29-19/h5-6,8,10-11H,7,9,12-14H2,1-4H3,(H,22,23). The molecule has 3 rings (SSSR count). The molecule has 0 bridgehead atoms. The Balaban J connectivity index is 1.57. The highest BCUT2D eigenvalue weighted by atomic mass is 32.1. The van der Waals surface area contributed by atoms with E-state index in [1.165, 1.54) is 10.4 Å². The van der Waals surface area contributed by atoms with Crippen molar-refractivity contribution in [2.75, 3.05) is 41.4 Å². The molecule has 0 spiro atoms. The molecule has 1 amide bonds. The van der Waals surface area contributed by atoms with E-state index in [2.05, 4.69) is 21.8 Å². The van der Waals surface area contributed by atoms with E-state index in [0.29, 0.717) is 19.0 Å². The number of fused-ring (bicyclic) bond motifs is 1. The maximum Gasteiger partial charge on any atom is 0.242 e. The maximum atomic E-state index is 12.7. The monoisotopic (exact) mass is 416 g/mol. The summed E-state index contributed by atoms with van der Waals surface area (Å²) in [5, 5.41) is 5.28. The highest BCUT2D eigenvalue weighted by molar-refractivity contribution is 7.10. The van der Waals surface area contributed by atoms with Gasteiger partial charge in [0.1, 0.15) is 11.5 Å². The minimum atomic E-state index is 0.0819. The van der Waals surface area contributed by atoms with Crippen molar-refractivity contribution < 1.29 is 14.3 Å². The SMILES string of the molecule is CN=C(NCC(=O)N1CCc2sccc2C1)N(C)Cc1ccc(OC)cc1OC. The molecule has 2 heterocycles.